The van der Waals surface area contributed by atoms with E-state index in [1.54, 1.807) is 12.1 Å². The lowest BCUT2D eigenvalue weighted by Crippen LogP contribution is -2.28. The van der Waals surface area contributed by atoms with Crippen LogP contribution in [0.5, 0.6) is 0 Å². The number of rotatable bonds is 7. The van der Waals surface area contributed by atoms with Crippen molar-refractivity contribution in [3.63, 3.8) is 0 Å². The zero-order valence-electron chi connectivity index (χ0n) is 12.9. The molecule has 132 valence electrons. The first-order valence-electron chi connectivity index (χ1n) is 7.33. The summed E-state index contributed by atoms with van der Waals surface area (Å²) in [6, 6.07) is 5.69. The molecule has 1 aliphatic heterocycles. The molecule has 0 aliphatic carbocycles. The molecule has 1 atom stereocenters. The summed E-state index contributed by atoms with van der Waals surface area (Å²) >= 11 is 1.24. The van der Waals surface area contributed by atoms with E-state index >= 15 is 0 Å². The molecule has 1 aromatic rings. The van der Waals surface area contributed by atoms with Gasteiger partial charge < -0.3 is 10.1 Å². The lowest BCUT2D eigenvalue weighted by atomic mass is 10.2. The number of hydrogen-bond donors (Lipinski definition) is 1. The van der Waals surface area contributed by atoms with Crippen molar-refractivity contribution in [3.8, 4) is 0 Å². The van der Waals surface area contributed by atoms with Gasteiger partial charge in [-0.2, -0.15) is 0 Å². The fourth-order valence-corrected chi connectivity index (χ4v) is 5.56. The molecule has 6 nitrogen and oxygen atoms in total. The van der Waals surface area contributed by atoms with Crippen LogP contribution >= 0.6 is 11.8 Å². The van der Waals surface area contributed by atoms with Crippen molar-refractivity contribution in [1.82, 2.24) is 5.32 Å². The normalized spacial score (nSPS) is 19.0. The second kappa shape index (κ2) is 8.48. The molecule has 1 N–H and O–H groups in total. The maximum absolute atomic E-state index is 12.7. The highest BCUT2D eigenvalue weighted by Gasteiger charge is 2.28. The van der Waals surface area contributed by atoms with Gasteiger partial charge in [0, 0.05) is 11.8 Å². The fourth-order valence-electron chi connectivity index (χ4n) is 2.12. The zero-order chi connectivity index (χ0) is 17.6. The molecule has 2 rings (SSSR count). The second-order valence-corrected chi connectivity index (χ2v) is 8.92. The Labute approximate surface area is 144 Å². The van der Waals surface area contributed by atoms with E-state index in [1.165, 1.54) is 23.9 Å². The number of hydrogen-bond acceptors (Lipinski definition) is 6. The molecule has 1 saturated heterocycles. The Kier molecular flexibility index (Phi) is 6.61. The minimum absolute atomic E-state index is 0.0193. The molecule has 1 heterocycles. The van der Waals surface area contributed by atoms with E-state index in [1.807, 2.05) is 0 Å². The van der Waals surface area contributed by atoms with Crippen LogP contribution < -0.4 is 5.32 Å². The Hall–Kier alpha value is -1.61. The first-order valence-corrected chi connectivity index (χ1v) is 10.2. The van der Waals surface area contributed by atoms with Gasteiger partial charge in [0.25, 0.3) is 5.91 Å². The van der Waals surface area contributed by atoms with Gasteiger partial charge in [-0.1, -0.05) is 12.1 Å². The minimum atomic E-state index is -2.97. The predicted octanol–water partition coefficient (Wildman–Crippen LogP) is 0.905. The van der Waals surface area contributed by atoms with Gasteiger partial charge in [0.2, 0.25) is 0 Å². The molecule has 1 aromatic carbocycles. The van der Waals surface area contributed by atoms with Crippen molar-refractivity contribution >= 4 is 33.5 Å². The predicted molar refractivity (Wildman–Crippen MR) is 88.7 cm³/mol. The van der Waals surface area contributed by atoms with E-state index in [2.05, 4.69) is 5.32 Å². The van der Waals surface area contributed by atoms with E-state index in [4.69, 9.17) is 4.74 Å². The monoisotopic (exact) mass is 375 g/mol. The van der Waals surface area contributed by atoms with E-state index in [0.717, 1.165) is 5.56 Å². The summed E-state index contributed by atoms with van der Waals surface area (Å²) in [5, 5.41) is 2.47. The molecule has 0 aromatic heterocycles. The molecule has 24 heavy (non-hydrogen) atoms. The number of amides is 1. The summed E-state index contributed by atoms with van der Waals surface area (Å²) in [6.45, 7) is -0.186. The van der Waals surface area contributed by atoms with Gasteiger partial charge in [0.1, 0.15) is 5.82 Å². The van der Waals surface area contributed by atoms with Crippen LogP contribution in [0, 0.1) is 5.82 Å². The highest BCUT2D eigenvalue weighted by atomic mass is 32.2. The number of halogens is 1. The van der Waals surface area contributed by atoms with Gasteiger partial charge in [-0.25, -0.2) is 12.8 Å². The highest BCUT2D eigenvalue weighted by Crippen LogP contribution is 2.24. The first kappa shape index (κ1) is 18.7. The van der Waals surface area contributed by atoms with Crippen molar-refractivity contribution in [2.24, 2.45) is 0 Å². The largest absolute Gasteiger partial charge is 0.455 e. The van der Waals surface area contributed by atoms with Gasteiger partial charge in [0.05, 0.1) is 17.3 Å². The average Bonchev–Trinajstić information content (AvgIpc) is 2.89. The van der Waals surface area contributed by atoms with Crippen LogP contribution in [0.3, 0.4) is 0 Å². The molecular weight excluding hydrogens is 357 g/mol. The molecule has 0 bridgehead atoms. The number of carbonyl (C=O) groups is 2. The van der Waals surface area contributed by atoms with Gasteiger partial charge in [-0.15, -0.1) is 11.8 Å². The Bertz CT molecular complexity index is 690. The number of sulfone groups is 1. The summed E-state index contributed by atoms with van der Waals surface area (Å²) in [5.41, 5.74) is 0.731. The number of nitrogens with one attached hydrogen (secondary N) is 1. The molecule has 1 aliphatic rings. The van der Waals surface area contributed by atoms with Crippen molar-refractivity contribution in [2.75, 3.05) is 23.9 Å². The summed E-state index contributed by atoms with van der Waals surface area (Å²) in [5.74, 6) is -1.10. The van der Waals surface area contributed by atoms with Gasteiger partial charge >= 0.3 is 5.97 Å². The van der Waals surface area contributed by atoms with Crippen LogP contribution in [-0.4, -0.2) is 49.4 Å². The lowest BCUT2D eigenvalue weighted by molar-refractivity contribution is -0.145. The second-order valence-electron chi connectivity index (χ2n) is 5.40. The molecule has 0 unspecified atom stereocenters. The summed E-state index contributed by atoms with van der Waals surface area (Å²) in [6.07, 6.45) is 0.540. The van der Waals surface area contributed by atoms with E-state index in [-0.39, 0.29) is 34.9 Å². The SMILES string of the molecule is O=C(COC(=O)CS[C@H]1CCS(=O)(=O)C1)NCc1ccc(F)cc1. The number of benzene rings is 1. The standard InChI is InChI=1S/C15H18FNO5S2/c16-12-3-1-11(2-4-12)7-17-14(18)8-22-15(19)9-23-13-5-6-24(20,21)10-13/h1-4,13H,5-10H2,(H,17,18)/t13-/m0/s1. The molecule has 0 saturated carbocycles. The maximum atomic E-state index is 12.7. The van der Waals surface area contributed by atoms with E-state index in [0.29, 0.717) is 6.42 Å². The average molecular weight is 375 g/mol. The number of esters is 1. The first-order chi connectivity index (χ1) is 11.3. The van der Waals surface area contributed by atoms with Crippen LogP contribution in [0.2, 0.25) is 0 Å². The third-order valence-corrected chi connectivity index (χ3v) is 6.65. The Morgan fingerprint density at radius 1 is 1.29 bits per heavy atom. The van der Waals surface area contributed by atoms with Crippen molar-refractivity contribution in [3.05, 3.63) is 35.6 Å². The third kappa shape index (κ3) is 6.48. The summed E-state index contributed by atoms with van der Waals surface area (Å²) < 4.78 is 40.2. The number of ether oxygens (including phenoxy) is 1. The minimum Gasteiger partial charge on any atom is -0.455 e. The van der Waals surface area contributed by atoms with Crippen molar-refractivity contribution in [2.45, 2.75) is 18.2 Å². The topological polar surface area (TPSA) is 89.5 Å². The quantitative estimate of drug-likeness (QED) is 0.713. The van der Waals surface area contributed by atoms with Gasteiger partial charge in [0.15, 0.2) is 16.4 Å². The number of carbonyl (C=O) groups excluding carboxylic acids is 2. The molecule has 0 spiro atoms. The Morgan fingerprint density at radius 2 is 2.00 bits per heavy atom. The summed E-state index contributed by atoms with van der Waals surface area (Å²) in [4.78, 5) is 23.1. The molecule has 1 amide bonds. The van der Waals surface area contributed by atoms with Crippen LogP contribution in [0.15, 0.2) is 24.3 Å². The van der Waals surface area contributed by atoms with Crippen molar-refractivity contribution in [1.29, 1.82) is 0 Å². The third-order valence-electron chi connectivity index (χ3n) is 3.39. The molecule has 0 radical (unpaired) electrons. The fraction of sp³-hybridized carbons (Fsp3) is 0.467. The highest BCUT2D eigenvalue weighted by molar-refractivity contribution is 8.02. The Balaban J connectivity index is 1.61. The maximum Gasteiger partial charge on any atom is 0.316 e. The molecular formula is C15H18FNO5S2. The zero-order valence-corrected chi connectivity index (χ0v) is 14.5. The smallest absolute Gasteiger partial charge is 0.316 e. The molecule has 1 fully saturated rings. The lowest BCUT2D eigenvalue weighted by Gasteiger charge is -2.08. The van der Waals surface area contributed by atoms with Crippen LogP contribution in [0.4, 0.5) is 4.39 Å². The van der Waals surface area contributed by atoms with Crippen LogP contribution in [-0.2, 0) is 30.7 Å². The Morgan fingerprint density at radius 3 is 2.62 bits per heavy atom. The summed E-state index contributed by atoms with van der Waals surface area (Å²) in [7, 11) is -2.97. The van der Waals surface area contributed by atoms with E-state index in [9.17, 15) is 22.4 Å². The van der Waals surface area contributed by atoms with Crippen LogP contribution in [0.1, 0.15) is 12.0 Å². The van der Waals surface area contributed by atoms with E-state index < -0.39 is 28.3 Å². The number of thioether (sulfide) groups is 1. The van der Waals surface area contributed by atoms with Gasteiger partial charge in [-0.05, 0) is 24.1 Å². The van der Waals surface area contributed by atoms with Crippen LogP contribution in [0.25, 0.3) is 0 Å². The van der Waals surface area contributed by atoms with Gasteiger partial charge in [-0.3, -0.25) is 9.59 Å². The van der Waals surface area contributed by atoms with Crippen molar-refractivity contribution < 1.29 is 27.1 Å². The molecule has 9 heteroatoms.